The number of benzene rings is 1. The summed E-state index contributed by atoms with van der Waals surface area (Å²) in [7, 11) is 1.43. The Labute approximate surface area is 82.7 Å². The predicted octanol–water partition coefficient (Wildman–Crippen LogP) is 2.73. The molecule has 0 amide bonds. The molecule has 76 valence electrons. The molecule has 0 aliphatic rings. The first-order valence-electron chi connectivity index (χ1n) is 4.38. The van der Waals surface area contributed by atoms with E-state index < -0.39 is 4.92 Å². The molecule has 14 heavy (non-hydrogen) atoms. The SMILES string of the molecule is COc1ccc(C(C)C)cc1[N+](=O)[O-]. The van der Waals surface area contributed by atoms with Crippen LogP contribution in [-0.2, 0) is 0 Å². The van der Waals surface area contributed by atoms with Crippen LogP contribution >= 0.6 is 0 Å². The maximum absolute atomic E-state index is 10.7. The molecular weight excluding hydrogens is 182 g/mol. The molecule has 0 fully saturated rings. The van der Waals surface area contributed by atoms with Crippen molar-refractivity contribution in [2.45, 2.75) is 19.8 Å². The molecule has 0 heterocycles. The highest BCUT2D eigenvalue weighted by molar-refractivity contribution is 5.49. The molecule has 0 bridgehead atoms. The van der Waals surface area contributed by atoms with Crippen molar-refractivity contribution in [3.05, 3.63) is 33.9 Å². The van der Waals surface area contributed by atoms with Crippen molar-refractivity contribution in [2.75, 3.05) is 7.11 Å². The van der Waals surface area contributed by atoms with Crippen LogP contribution in [0.3, 0.4) is 0 Å². The Morgan fingerprint density at radius 1 is 1.43 bits per heavy atom. The summed E-state index contributed by atoms with van der Waals surface area (Å²) >= 11 is 0. The van der Waals surface area contributed by atoms with E-state index in [0.717, 1.165) is 5.56 Å². The van der Waals surface area contributed by atoms with Crippen LogP contribution in [0.2, 0.25) is 0 Å². The van der Waals surface area contributed by atoms with Crippen LogP contribution in [0.5, 0.6) is 5.75 Å². The average Bonchev–Trinajstić information content (AvgIpc) is 2.16. The van der Waals surface area contributed by atoms with Gasteiger partial charge in [-0.25, -0.2) is 0 Å². The fraction of sp³-hybridized carbons (Fsp3) is 0.400. The molecule has 0 aliphatic heterocycles. The minimum Gasteiger partial charge on any atom is -0.490 e. The van der Waals surface area contributed by atoms with Gasteiger partial charge < -0.3 is 4.74 Å². The number of nitrogens with zero attached hydrogens (tertiary/aromatic N) is 1. The normalized spacial score (nSPS) is 10.3. The summed E-state index contributed by atoms with van der Waals surface area (Å²) in [6.07, 6.45) is 0. The van der Waals surface area contributed by atoms with Crippen LogP contribution in [-0.4, -0.2) is 12.0 Å². The Balaban J connectivity index is 3.21. The number of rotatable bonds is 3. The molecule has 1 aromatic rings. The van der Waals surface area contributed by atoms with Crippen LogP contribution < -0.4 is 4.74 Å². The van der Waals surface area contributed by atoms with Gasteiger partial charge in [0.15, 0.2) is 5.75 Å². The van der Waals surface area contributed by atoms with Crippen LogP contribution in [0.1, 0.15) is 25.3 Å². The summed E-state index contributed by atoms with van der Waals surface area (Å²) in [5.74, 6) is 0.582. The van der Waals surface area contributed by atoms with E-state index in [4.69, 9.17) is 4.74 Å². The van der Waals surface area contributed by atoms with Gasteiger partial charge in [0.05, 0.1) is 12.0 Å². The fourth-order valence-corrected chi connectivity index (χ4v) is 1.21. The van der Waals surface area contributed by atoms with Crippen molar-refractivity contribution < 1.29 is 9.66 Å². The number of nitro groups is 1. The van der Waals surface area contributed by atoms with Crippen molar-refractivity contribution in [1.82, 2.24) is 0 Å². The summed E-state index contributed by atoms with van der Waals surface area (Å²) < 4.78 is 4.90. The summed E-state index contributed by atoms with van der Waals surface area (Å²) in [5.41, 5.74) is 0.969. The van der Waals surface area contributed by atoms with E-state index in [2.05, 4.69) is 0 Å². The summed E-state index contributed by atoms with van der Waals surface area (Å²) in [5, 5.41) is 10.7. The van der Waals surface area contributed by atoms with E-state index in [1.54, 1.807) is 12.1 Å². The third kappa shape index (κ3) is 2.02. The van der Waals surface area contributed by atoms with E-state index >= 15 is 0 Å². The molecular formula is C10H13NO3. The molecule has 1 aromatic carbocycles. The first-order valence-corrected chi connectivity index (χ1v) is 4.38. The lowest BCUT2D eigenvalue weighted by atomic mass is 10.0. The highest BCUT2D eigenvalue weighted by atomic mass is 16.6. The Kier molecular flexibility index (Phi) is 3.06. The minimum absolute atomic E-state index is 0.0266. The quantitative estimate of drug-likeness (QED) is 0.550. The number of methoxy groups -OCH3 is 1. The topological polar surface area (TPSA) is 52.4 Å². The lowest BCUT2D eigenvalue weighted by Gasteiger charge is -2.07. The van der Waals surface area contributed by atoms with Gasteiger partial charge in [-0.3, -0.25) is 10.1 Å². The maximum atomic E-state index is 10.7. The zero-order valence-electron chi connectivity index (χ0n) is 8.48. The van der Waals surface area contributed by atoms with Crippen molar-refractivity contribution in [2.24, 2.45) is 0 Å². The molecule has 0 spiro atoms. The summed E-state index contributed by atoms with van der Waals surface area (Å²) in [6.45, 7) is 3.98. The standard InChI is InChI=1S/C10H13NO3/c1-7(2)8-4-5-10(14-3)9(6-8)11(12)13/h4-7H,1-3H3. The molecule has 4 heteroatoms. The van der Waals surface area contributed by atoms with Crippen LogP contribution in [0, 0.1) is 10.1 Å². The molecule has 4 nitrogen and oxygen atoms in total. The Morgan fingerprint density at radius 3 is 2.50 bits per heavy atom. The Hall–Kier alpha value is -1.58. The highest BCUT2D eigenvalue weighted by Gasteiger charge is 2.15. The third-order valence-electron chi connectivity index (χ3n) is 2.07. The number of nitro benzene ring substituents is 1. The second kappa shape index (κ2) is 4.09. The van der Waals surface area contributed by atoms with Crippen molar-refractivity contribution in [3.63, 3.8) is 0 Å². The van der Waals surface area contributed by atoms with Crippen LogP contribution in [0.25, 0.3) is 0 Å². The highest BCUT2D eigenvalue weighted by Crippen LogP contribution is 2.29. The van der Waals surface area contributed by atoms with E-state index in [9.17, 15) is 10.1 Å². The Bertz CT molecular complexity index is 347. The first-order chi connectivity index (χ1) is 6.56. The van der Waals surface area contributed by atoms with Gasteiger partial charge in [0, 0.05) is 6.07 Å². The summed E-state index contributed by atoms with van der Waals surface area (Å²) in [4.78, 5) is 10.3. The molecule has 0 aliphatic carbocycles. The van der Waals surface area contributed by atoms with Gasteiger partial charge in [-0.15, -0.1) is 0 Å². The smallest absolute Gasteiger partial charge is 0.311 e. The van der Waals surface area contributed by atoms with E-state index in [-0.39, 0.29) is 11.6 Å². The van der Waals surface area contributed by atoms with Crippen LogP contribution in [0.4, 0.5) is 5.69 Å². The number of hydrogen-bond acceptors (Lipinski definition) is 3. The van der Waals surface area contributed by atoms with E-state index in [1.807, 2.05) is 19.9 Å². The van der Waals surface area contributed by atoms with Gasteiger partial charge in [-0.1, -0.05) is 19.9 Å². The fourth-order valence-electron chi connectivity index (χ4n) is 1.21. The largest absolute Gasteiger partial charge is 0.490 e. The van der Waals surface area contributed by atoms with Gasteiger partial charge in [-0.2, -0.15) is 0 Å². The van der Waals surface area contributed by atoms with Crippen molar-refractivity contribution in [3.8, 4) is 5.75 Å². The zero-order valence-corrected chi connectivity index (χ0v) is 8.48. The molecule has 0 aromatic heterocycles. The monoisotopic (exact) mass is 195 g/mol. The molecule has 0 atom stereocenters. The molecule has 0 radical (unpaired) electrons. The predicted molar refractivity (Wildman–Crippen MR) is 53.7 cm³/mol. The zero-order chi connectivity index (χ0) is 10.7. The van der Waals surface area contributed by atoms with Gasteiger partial charge in [-0.05, 0) is 17.5 Å². The van der Waals surface area contributed by atoms with E-state index in [1.165, 1.54) is 7.11 Å². The average molecular weight is 195 g/mol. The third-order valence-corrected chi connectivity index (χ3v) is 2.07. The van der Waals surface area contributed by atoms with E-state index in [0.29, 0.717) is 5.75 Å². The number of hydrogen-bond donors (Lipinski definition) is 0. The van der Waals surface area contributed by atoms with Crippen molar-refractivity contribution >= 4 is 5.69 Å². The second-order valence-electron chi connectivity index (χ2n) is 3.34. The van der Waals surface area contributed by atoms with Gasteiger partial charge in [0.2, 0.25) is 0 Å². The van der Waals surface area contributed by atoms with Crippen molar-refractivity contribution in [1.29, 1.82) is 0 Å². The molecule has 0 N–H and O–H groups in total. The molecule has 0 saturated heterocycles. The van der Waals surface area contributed by atoms with Gasteiger partial charge in [0.1, 0.15) is 0 Å². The first kappa shape index (κ1) is 10.5. The molecule has 0 saturated carbocycles. The second-order valence-corrected chi connectivity index (χ2v) is 3.34. The lowest BCUT2D eigenvalue weighted by molar-refractivity contribution is -0.385. The number of ether oxygens (including phenoxy) is 1. The summed E-state index contributed by atoms with van der Waals surface area (Å²) in [6, 6.07) is 5.04. The maximum Gasteiger partial charge on any atom is 0.311 e. The molecule has 1 rings (SSSR count). The van der Waals surface area contributed by atoms with Gasteiger partial charge >= 0.3 is 5.69 Å². The van der Waals surface area contributed by atoms with Gasteiger partial charge in [0.25, 0.3) is 0 Å². The Morgan fingerprint density at radius 2 is 2.07 bits per heavy atom. The minimum atomic E-state index is -0.426. The molecule has 0 unspecified atom stereocenters. The van der Waals surface area contributed by atoms with Crippen LogP contribution in [0.15, 0.2) is 18.2 Å². The lowest BCUT2D eigenvalue weighted by Crippen LogP contribution is -1.96.